The van der Waals surface area contributed by atoms with E-state index in [4.69, 9.17) is 4.74 Å². The average Bonchev–Trinajstić information content (AvgIpc) is 2.90. The van der Waals surface area contributed by atoms with Crippen LogP contribution in [0.1, 0.15) is 27.7 Å². The second kappa shape index (κ2) is 5.27. The van der Waals surface area contributed by atoms with Gasteiger partial charge in [-0.25, -0.2) is 4.98 Å². The van der Waals surface area contributed by atoms with Crippen molar-refractivity contribution in [3.05, 3.63) is 30.0 Å². The number of allylic oxidation sites excluding steroid dienone is 2. The highest BCUT2D eigenvalue weighted by molar-refractivity contribution is 5.96. The Hall–Kier alpha value is -1.84. The van der Waals surface area contributed by atoms with E-state index in [2.05, 4.69) is 44.1 Å². The zero-order valence-electron chi connectivity index (χ0n) is 12.7. The molecule has 1 aromatic rings. The molecule has 0 unspecified atom stereocenters. The van der Waals surface area contributed by atoms with Gasteiger partial charge >= 0.3 is 0 Å². The summed E-state index contributed by atoms with van der Waals surface area (Å²) in [6, 6.07) is 3.57. The molecule has 1 saturated carbocycles. The number of hydrogen-bond acceptors (Lipinski definition) is 3. The highest BCUT2D eigenvalue weighted by atomic mass is 16.5. The van der Waals surface area contributed by atoms with Gasteiger partial charge in [-0.1, -0.05) is 25.5 Å². The van der Waals surface area contributed by atoms with Crippen molar-refractivity contribution in [3.63, 3.8) is 0 Å². The molecule has 4 nitrogen and oxygen atoms in total. The molecular formula is C16H22N2O2. The highest BCUT2D eigenvalue weighted by Gasteiger charge is 2.60. The standard InChI is InChI=1S/C16H22N2O2/c1-10(2)9-11-13(16(11,3)4)15(19)18-14-12(20-5)7-6-8-17-14/h6-9,11,13H,1-5H3,(H,17,18,19)/t11-,13+/m0/s1. The van der Waals surface area contributed by atoms with Gasteiger partial charge < -0.3 is 10.1 Å². The van der Waals surface area contributed by atoms with E-state index in [1.165, 1.54) is 5.57 Å². The van der Waals surface area contributed by atoms with E-state index in [0.29, 0.717) is 17.5 Å². The van der Waals surface area contributed by atoms with Crippen molar-refractivity contribution in [2.24, 2.45) is 17.3 Å². The number of ether oxygens (including phenoxy) is 1. The van der Waals surface area contributed by atoms with Crippen molar-refractivity contribution in [2.75, 3.05) is 12.4 Å². The van der Waals surface area contributed by atoms with Crippen LogP contribution in [0.15, 0.2) is 30.0 Å². The van der Waals surface area contributed by atoms with Crippen LogP contribution in [0.3, 0.4) is 0 Å². The first-order valence-corrected chi connectivity index (χ1v) is 6.83. The molecule has 1 fully saturated rings. The number of nitrogens with zero attached hydrogens (tertiary/aromatic N) is 1. The first kappa shape index (κ1) is 14.6. The molecule has 1 heterocycles. The van der Waals surface area contributed by atoms with Gasteiger partial charge in [-0.3, -0.25) is 4.79 Å². The van der Waals surface area contributed by atoms with Gasteiger partial charge in [-0.2, -0.15) is 0 Å². The zero-order valence-corrected chi connectivity index (χ0v) is 12.7. The number of rotatable bonds is 4. The molecule has 1 aliphatic rings. The molecule has 1 amide bonds. The van der Waals surface area contributed by atoms with E-state index in [-0.39, 0.29) is 17.2 Å². The van der Waals surface area contributed by atoms with Crippen LogP contribution >= 0.6 is 0 Å². The van der Waals surface area contributed by atoms with E-state index >= 15 is 0 Å². The Labute approximate surface area is 120 Å². The SMILES string of the molecule is COc1cccnc1NC(=O)[C@H]1[C@H](C=C(C)C)C1(C)C. The van der Waals surface area contributed by atoms with Crippen LogP contribution in [0.4, 0.5) is 5.82 Å². The molecule has 0 radical (unpaired) electrons. The van der Waals surface area contributed by atoms with Gasteiger partial charge in [0.15, 0.2) is 11.6 Å². The number of hydrogen-bond donors (Lipinski definition) is 1. The summed E-state index contributed by atoms with van der Waals surface area (Å²) in [4.78, 5) is 16.6. The molecule has 0 bridgehead atoms. The van der Waals surface area contributed by atoms with Crippen molar-refractivity contribution in [2.45, 2.75) is 27.7 Å². The molecule has 1 N–H and O–H groups in total. The van der Waals surface area contributed by atoms with E-state index < -0.39 is 0 Å². The van der Waals surface area contributed by atoms with E-state index in [9.17, 15) is 4.79 Å². The quantitative estimate of drug-likeness (QED) is 0.857. The van der Waals surface area contributed by atoms with E-state index in [1.807, 2.05) is 0 Å². The smallest absolute Gasteiger partial charge is 0.229 e. The van der Waals surface area contributed by atoms with Gasteiger partial charge in [0.1, 0.15) is 0 Å². The Morgan fingerprint density at radius 3 is 2.75 bits per heavy atom. The Morgan fingerprint density at radius 1 is 1.45 bits per heavy atom. The lowest BCUT2D eigenvalue weighted by atomic mass is 10.1. The molecule has 0 aromatic carbocycles. The minimum atomic E-state index is -0.0101. The number of carbonyl (C=O) groups excluding carboxylic acids is 1. The van der Waals surface area contributed by atoms with Crippen LogP contribution in [0, 0.1) is 17.3 Å². The molecule has 20 heavy (non-hydrogen) atoms. The van der Waals surface area contributed by atoms with Gasteiger partial charge in [0.05, 0.1) is 13.0 Å². The molecule has 2 atom stereocenters. The molecular weight excluding hydrogens is 252 g/mol. The average molecular weight is 274 g/mol. The third kappa shape index (κ3) is 2.69. The first-order chi connectivity index (χ1) is 9.37. The lowest BCUT2D eigenvalue weighted by Gasteiger charge is -2.09. The maximum Gasteiger partial charge on any atom is 0.229 e. The predicted octanol–water partition coefficient (Wildman–Crippen LogP) is 3.27. The van der Waals surface area contributed by atoms with Crippen LogP contribution in [-0.4, -0.2) is 18.0 Å². The maximum absolute atomic E-state index is 12.4. The summed E-state index contributed by atoms with van der Waals surface area (Å²) in [6.45, 7) is 8.37. The zero-order chi connectivity index (χ0) is 14.9. The topological polar surface area (TPSA) is 51.2 Å². The number of methoxy groups -OCH3 is 1. The fourth-order valence-electron chi connectivity index (χ4n) is 2.69. The van der Waals surface area contributed by atoms with Gasteiger partial charge in [0.25, 0.3) is 0 Å². The third-order valence-electron chi connectivity index (χ3n) is 3.94. The molecule has 4 heteroatoms. The van der Waals surface area contributed by atoms with Crippen LogP contribution in [0.2, 0.25) is 0 Å². The largest absolute Gasteiger partial charge is 0.493 e. The molecule has 0 saturated heterocycles. The number of nitrogens with one attached hydrogen (secondary N) is 1. The lowest BCUT2D eigenvalue weighted by Crippen LogP contribution is -2.18. The van der Waals surface area contributed by atoms with Crippen molar-refractivity contribution in [3.8, 4) is 5.75 Å². The lowest BCUT2D eigenvalue weighted by molar-refractivity contribution is -0.118. The van der Waals surface area contributed by atoms with Crippen molar-refractivity contribution >= 4 is 11.7 Å². The van der Waals surface area contributed by atoms with Crippen molar-refractivity contribution in [1.82, 2.24) is 4.98 Å². The summed E-state index contributed by atoms with van der Waals surface area (Å²) in [6.07, 6.45) is 3.82. The minimum Gasteiger partial charge on any atom is -0.493 e. The summed E-state index contributed by atoms with van der Waals surface area (Å²) in [5, 5.41) is 2.88. The normalized spacial score (nSPS) is 22.9. The summed E-state index contributed by atoms with van der Waals surface area (Å²) in [5.74, 6) is 1.36. The summed E-state index contributed by atoms with van der Waals surface area (Å²) >= 11 is 0. The number of pyridine rings is 1. The van der Waals surface area contributed by atoms with Crippen molar-refractivity contribution in [1.29, 1.82) is 0 Å². The van der Waals surface area contributed by atoms with Gasteiger partial charge in [-0.15, -0.1) is 0 Å². The van der Waals surface area contributed by atoms with Crippen LogP contribution < -0.4 is 10.1 Å². The summed E-state index contributed by atoms with van der Waals surface area (Å²) in [7, 11) is 1.57. The summed E-state index contributed by atoms with van der Waals surface area (Å²) in [5.41, 5.74) is 1.25. The Bertz CT molecular complexity index is 545. The number of anilines is 1. The second-order valence-corrected chi connectivity index (χ2v) is 6.11. The molecule has 0 spiro atoms. The van der Waals surface area contributed by atoms with Crippen LogP contribution in [-0.2, 0) is 4.79 Å². The molecule has 1 aliphatic carbocycles. The fraction of sp³-hybridized carbons (Fsp3) is 0.500. The monoisotopic (exact) mass is 274 g/mol. The second-order valence-electron chi connectivity index (χ2n) is 6.11. The minimum absolute atomic E-state index is 0.00334. The van der Waals surface area contributed by atoms with Crippen molar-refractivity contribution < 1.29 is 9.53 Å². The van der Waals surface area contributed by atoms with Gasteiger partial charge in [0.2, 0.25) is 5.91 Å². The molecule has 2 rings (SSSR count). The van der Waals surface area contributed by atoms with Crippen LogP contribution in [0.25, 0.3) is 0 Å². The maximum atomic E-state index is 12.4. The fourth-order valence-corrected chi connectivity index (χ4v) is 2.69. The molecule has 1 aromatic heterocycles. The molecule has 108 valence electrons. The molecule has 0 aliphatic heterocycles. The van der Waals surface area contributed by atoms with E-state index in [0.717, 1.165) is 0 Å². The van der Waals surface area contributed by atoms with Gasteiger partial charge in [-0.05, 0) is 37.3 Å². The Balaban J connectivity index is 2.12. The van der Waals surface area contributed by atoms with E-state index in [1.54, 1.807) is 25.4 Å². The summed E-state index contributed by atoms with van der Waals surface area (Å²) < 4.78 is 5.20. The van der Waals surface area contributed by atoms with Crippen LogP contribution in [0.5, 0.6) is 5.75 Å². The first-order valence-electron chi connectivity index (χ1n) is 6.83. The number of carbonyl (C=O) groups is 1. The Kier molecular flexibility index (Phi) is 3.84. The number of amides is 1. The predicted molar refractivity (Wildman–Crippen MR) is 79.6 cm³/mol. The number of aromatic nitrogens is 1. The highest BCUT2D eigenvalue weighted by Crippen LogP contribution is 2.59. The Morgan fingerprint density at radius 2 is 2.15 bits per heavy atom. The van der Waals surface area contributed by atoms with Gasteiger partial charge in [0, 0.05) is 6.20 Å². The third-order valence-corrected chi connectivity index (χ3v) is 3.94.